The highest BCUT2D eigenvalue weighted by molar-refractivity contribution is 5.64. The first kappa shape index (κ1) is 17.2. The zero-order chi connectivity index (χ0) is 18.3. The second kappa shape index (κ2) is 6.49. The predicted octanol–water partition coefficient (Wildman–Crippen LogP) is 3.39. The number of phenolic OH excluding ortho intramolecular Hbond substituents is 2. The SMILES string of the molecule is CCCCc1cc(O)c(CN2c3ccccc3[C@]3(O)CCOC23)c(O)c1. The van der Waals surface area contributed by atoms with Crippen LogP contribution in [0.25, 0.3) is 0 Å². The average molecular weight is 355 g/mol. The molecule has 0 spiro atoms. The highest BCUT2D eigenvalue weighted by Crippen LogP contribution is 2.50. The molecular weight excluding hydrogens is 330 g/mol. The van der Waals surface area contributed by atoms with E-state index in [0.29, 0.717) is 18.6 Å². The number of hydrogen-bond acceptors (Lipinski definition) is 5. The van der Waals surface area contributed by atoms with Crippen LogP contribution in [0.4, 0.5) is 5.69 Å². The fourth-order valence-corrected chi connectivity index (χ4v) is 4.14. The zero-order valence-electron chi connectivity index (χ0n) is 15.0. The predicted molar refractivity (Wildman–Crippen MR) is 99.3 cm³/mol. The average Bonchev–Trinajstić information content (AvgIpc) is 3.11. The summed E-state index contributed by atoms with van der Waals surface area (Å²) in [6.07, 6.45) is 2.94. The summed E-state index contributed by atoms with van der Waals surface area (Å²) in [5, 5.41) is 32.1. The number of unbranched alkanes of at least 4 members (excludes halogenated alkanes) is 1. The van der Waals surface area contributed by atoms with E-state index >= 15 is 0 Å². The van der Waals surface area contributed by atoms with Crippen molar-refractivity contribution in [3.8, 4) is 11.5 Å². The number of para-hydroxylation sites is 1. The van der Waals surface area contributed by atoms with Gasteiger partial charge in [0.25, 0.3) is 0 Å². The van der Waals surface area contributed by atoms with Crippen LogP contribution in [0, 0.1) is 0 Å². The van der Waals surface area contributed by atoms with Crippen molar-refractivity contribution in [2.24, 2.45) is 0 Å². The molecule has 0 aromatic heterocycles. The zero-order valence-corrected chi connectivity index (χ0v) is 15.0. The quantitative estimate of drug-likeness (QED) is 0.767. The smallest absolute Gasteiger partial charge is 0.163 e. The van der Waals surface area contributed by atoms with Crippen LogP contribution in [0.1, 0.15) is 42.9 Å². The van der Waals surface area contributed by atoms with E-state index in [2.05, 4.69) is 6.92 Å². The Kier molecular flexibility index (Phi) is 4.29. The largest absolute Gasteiger partial charge is 0.507 e. The lowest BCUT2D eigenvalue weighted by molar-refractivity contribution is -0.0314. The first-order valence-electron chi connectivity index (χ1n) is 9.28. The van der Waals surface area contributed by atoms with E-state index in [4.69, 9.17) is 4.74 Å². The molecule has 0 radical (unpaired) electrons. The highest BCUT2D eigenvalue weighted by atomic mass is 16.5. The van der Waals surface area contributed by atoms with Gasteiger partial charge in [-0.05, 0) is 36.6 Å². The Bertz CT molecular complexity index is 798. The van der Waals surface area contributed by atoms with Crippen molar-refractivity contribution in [3.63, 3.8) is 0 Å². The molecule has 2 heterocycles. The molecule has 2 aromatic carbocycles. The molecule has 2 atom stereocenters. The molecule has 26 heavy (non-hydrogen) atoms. The molecule has 0 saturated carbocycles. The number of anilines is 1. The normalized spacial score (nSPS) is 23.9. The van der Waals surface area contributed by atoms with Gasteiger partial charge in [0.05, 0.1) is 18.7 Å². The van der Waals surface area contributed by atoms with Gasteiger partial charge in [0, 0.05) is 17.7 Å². The van der Waals surface area contributed by atoms with Gasteiger partial charge < -0.3 is 25.0 Å². The fraction of sp³-hybridized carbons (Fsp3) is 0.429. The lowest BCUT2D eigenvalue weighted by atomic mass is 9.93. The van der Waals surface area contributed by atoms with Crippen LogP contribution in [-0.2, 0) is 23.3 Å². The monoisotopic (exact) mass is 355 g/mol. The van der Waals surface area contributed by atoms with Gasteiger partial charge in [-0.25, -0.2) is 0 Å². The van der Waals surface area contributed by atoms with Crippen LogP contribution in [0.3, 0.4) is 0 Å². The van der Waals surface area contributed by atoms with E-state index in [-0.39, 0.29) is 18.0 Å². The molecule has 1 fully saturated rings. The molecule has 5 nitrogen and oxygen atoms in total. The van der Waals surface area contributed by atoms with Gasteiger partial charge in [0.2, 0.25) is 0 Å². The maximum absolute atomic E-state index is 11.1. The standard InChI is InChI=1S/C21H25NO4/c1-2-3-6-14-11-18(23)15(19(24)12-14)13-22-17-8-5-4-7-16(17)21(25)9-10-26-20(21)22/h4-5,7-8,11-12,20,23-25H,2-3,6,9-10,13H2,1H3/t20?,21-/m1/s1. The van der Waals surface area contributed by atoms with Crippen molar-refractivity contribution in [1.29, 1.82) is 0 Å². The number of phenols is 2. The topological polar surface area (TPSA) is 73.2 Å². The van der Waals surface area contributed by atoms with Crippen LogP contribution < -0.4 is 4.90 Å². The number of aliphatic hydroxyl groups is 1. The van der Waals surface area contributed by atoms with E-state index in [0.717, 1.165) is 36.1 Å². The van der Waals surface area contributed by atoms with Gasteiger partial charge in [0.15, 0.2) is 6.23 Å². The van der Waals surface area contributed by atoms with E-state index in [9.17, 15) is 15.3 Å². The molecule has 1 unspecified atom stereocenters. The minimum Gasteiger partial charge on any atom is -0.507 e. The van der Waals surface area contributed by atoms with Gasteiger partial charge in [-0.1, -0.05) is 31.5 Å². The van der Waals surface area contributed by atoms with Crippen LogP contribution in [0.15, 0.2) is 36.4 Å². The Morgan fingerprint density at radius 1 is 1.19 bits per heavy atom. The molecule has 5 heteroatoms. The maximum atomic E-state index is 11.1. The summed E-state index contributed by atoms with van der Waals surface area (Å²) in [7, 11) is 0. The number of hydrogen-bond donors (Lipinski definition) is 3. The first-order chi connectivity index (χ1) is 12.5. The molecule has 0 aliphatic carbocycles. The third-order valence-corrected chi connectivity index (χ3v) is 5.54. The Balaban J connectivity index is 1.67. The van der Waals surface area contributed by atoms with Crippen molar-refractivity contribution in [3.05, 3.63) is 53.1 Å². The fourth-order valence-electron chi connectivity index (χ4n) is 4.14. The molecule has 2 aliphatic rings. The molecule has 2 aromatic rings. The van der Waals surface area contributed by atoms with E-state index in [1.807, 2.05) is 29.2 Å². The Hall–Kier alpha value is -2.24. The van der Waals surface area contributed by atoms with Gasteiger partial charge in [-0.2, -0.15) is 0 Å². The van der Waals surface area contributed by atoms with Crippen molar-refractivity contribution in [2.45, 2.75) is 51.0 Å². The van der Waals surface area contributed by atoms with Gasteiger partial charge in [-0.15, -0.1) is 0 Å². The Morgan fingerprint density at radius 3 is 2.65 bits per heavy atom. The second-order valence-corrected chi connectivity index (χ2v) is 7.26. The Morgan fingerprint density at radius 2 is 1.92 bits per heavy atom. The van der Waals surface area contributed by atoms with Crippen LogP contribution in [-0.4, -0.2) is 28.2 Å². The number of aryl methyl sites for hydroxylation is 1. The number of nitrogens with zero attached hydrogens (tertiary/aromatic N) is 1. The molecule has 0 amide bonds. The summed E-state index contributed by atoms with van der Waals surface area (Å²) in [6.45, 7) is 2.87. The van der Waals surface area contributed by atoms with Crippen molar-refractivity contribution in [2.75, 3.05) is 11.5 Å². The van der Waals surface area contributed by atoms with Gasteiger partial charge in [-0.3, -0.25) is 0 Å². The van der Waals surface area contributed by atoms with Gasteiger partial charge in [0.1, 0.15) is 17.1 Å². The molecule has 4 rings (SSSR count). The number of ether oxygens (including phenoxy) is 1. The highest BCUT2D eigenvalue weighted by Gasteiger charge is 2.54. The molecule has 138 valence electrons. The lowest BCUT2D eigenvalue weighted by Crippen LogP contribution is -2.41. The molecule has 1 saturated heterocycles. The van der Waals surface area contributed by atoms with Crippen molar-refractivity contribution in [1.82, 2.24) is 0 Å². The third-order valence-electron chi connectivity index (χ3n) is 5.54. The van der Waals surface area contributed by atoms with Crippen LogP contribution >= 0.6 is 0 Å². The summed E-state index contributed by atoms with van der Waals surface area (Å²) in [5.74, 6) is 0.170. The number of rotatable bonds is 5. The minimum absolute atomic E-state index is 0.0852. The lowest BCUT2D eigenvalue weighted by Gasteiger charge is -2.29. The molecule has 2 aliphatic heterocycles. The first-order valence-corrected chi connectivity index (χ1v) is 9.28. The third kappa shape index (κ3) is 2.63. The van der Waals surface area contributed by atoms with Crippen LogP contribution in [0.5, 0.6) is 11.5 Å². The maximum Gasteiger partial charge on any atom is 0.163 e. The van der Waals surface area contributed by atoms with Crippen molar-refractivity contribution < 1.29 is 20.1 Å². The summed E-state index contributed by atoms with van der Waals surface area (Å²) in [6, 6.07) is 11.2. The Labute approximate surface area is 153 Å². The number of benzene rings is 2. The summed E-state index contributed by atoms with van der Waals surface area (Å²) >= 11 is 0. The van der Waals surface area contributed by atoms with Gasteiger partial charge >= 0.3 is 0 Å². The number of fused-ring (bicyclic) bond motifs is 3. The van der Waals surface area contributed by atoms with Crippen molar-refractivity contribution >= 4 is 5.69 Å². The second-order valence-electron chi connectivity index (χ2n) is 7.26. The number of aromatic hydroxyl groups is 2. The molecular formula is C21H25NO4. The summed E-state index contributed by atoms with van der Waals surface area (Å²) in [4.78, 5) is 1.93. The summed E-state index contributed by atoms with van der Waals surface area (Å²) < 4.78 is 5.82. The van der Waals surface area contributed by atoms with E-state index < -0.39 is 11.8 Å². The molecule has 3 N–H and O–H groups in total. The molecule has 0 bridgehead atoms. The minimum atomic E-state index is -1.04. The van der Waals surface area contributed by atoms with E-state index in [1.165, 1.54) is 0 Å². The van der Waals surface area contributed by atoms with Crippen LogP contribution in [0.2, 0.25) is 0 Å². The summed E-state index contributed by atoms with van der Waals surface area (Å²) in [5.41, 5.74) is 2.08. The van der Waals surface area contributed by atoms with E-state index in [1.54, 1.807) is 12.1 Å².